The standard InChI is InChI=1S/C16H17BrO3S2/c1-16(2,3)11-4-6-12(7-5-11)21-15-10-13(22(18,19)20)8-9-14(15)17/h4-10H,1-3H3,(H,18,19,20). The van der Waals surface area contributed by atoms with E-state index in [0.29, 0.717) is 0 Å². The molecular weight excluding hydrogens is 384 g/mol. The zero-order chi connectivity index (χ0) is 16.5. The van der Waals surface area contributed by atoms with Crippen molar-refractivity contribution in [2.75, 3.05) is 0 Å². The Morgan fingerprint density at radius 1 is 1.05 bits per heavy atom. The van der Waals surface area contributed by atoms with Gasteiger partial charge in [-0.05, 0) is 57.2 Å². The summed E-state index contributed by atoms with van der Waals surface area (Å²) in [6.45, 7) is 6.46. The number of benzene rings is 2. The SMILES string of the molecule is CC(C)(C)c1ccc(Sc2cc(S(=O)(=O)O)ccc2Br)cc1. The summed E-state index contributed by atoms with van der Waals surface area (Å²) in [5.74, 6) is 0. The first-order valence-corrected chi connectivity index (χ1v) is 9.68. The lowest BCUT2D eigenvalue weighted by Gasteiger charge is -2.19. The second-order valence-electron chi connectivity index (χ2n) is 5.94. The van der Waals surface area contributed by atoms with Crippen LogP contribution in [-0.4, -0.2) is 13.0 Å². The monoisotopic (exact) mass is 400 g/mol. The third-order valence-electron chi connectivity index (χ3n) is 3.15. The van der Waals surface area contributed by atoms with E-state index in [2.05, 4.69) is 48.8 Å². The lowest BCUT2D eigenvalue weighted by Crippen LogP contribution is -2.10. The fourth-order valence-electron chi connectivity index (χ4n) is 1.87. The Kier molecular flexibility index (Phi) is 5.06. The van der Waals surface area contributed by atoms with Gasteiger partial charge in [0.05, 0.1) is 4.90 Å². The van der Waals surface area contributed by atoms with Gasteiger partial charge in [0, 0.05) is 14.3 Å². The Balaban J connectivity index is 2.31. The van der Waals surface area contributed by atoms with Gasteiger partial charge in [-0.3, -0.25) is 4.55 Å². The third-order valence-corrected chi connectivity index (χ3v) is 6.02. The first-order valence-electron chi connectivity index (χ1n) is 6.63. The van der Waals surface area contributed by atoms with Crippen molar-refractivity contribution in [1.29, 1.82) is 0 Å². The minimum atomic E-state index is -4.19. The molecule has 2 aromatic rings. The van der Waals surface area contributed by atoms with Crippen LogP contribution in [0.15, 0.2) is 61.6 Å². The Morgan fingerprint density at radius 2 is 1.64 bits per heavy atom. The summed E-state index contributed by atoms with van der Waals surface area (Å²) in [7, 11) is -4.19. The molecule has 0 bridgehead atoms. The first-order chi connectivity index (χ1) is 10.1. The Bertz CT molecular complexity index is 776. The van der Waals surface area contributed by atoms with E-state index < -0.39 is 10.1 Å². The molecule has 0 aromatic heterocycles. The molecule has 0 heterocycles. The highest BCUT2D eigenvalue weighted by molar-refractivity contribution is 9.10. The molecule has 0 atom stereocenters. The van der Waals surface area contributed by atoms with Crippen LogP contribution in [0.25, 0.3) is 0 Å². The van der Waals surface area contributed by atoms with E-state index in [0.717, 1.165) is 14.3 Å². The minimum absolute atomic E-state index is 0.0919. The third kappa shape index (κ3) is 4.35. The summed E-state index contributed by atoms with van der Waals surface area (Å²) >= 11 is 4.84. The van der Waals surface area contributed by atoms with Crippen molar-refractivity contribution >= 4 is 37.8 Å². The maximum absolute atomic E-state index is 11.2. The molecule has 0 saturated heterocycles. The van der Waals surface area contributed by atoms with Crippen molar-refractivity contribution in [1.82, 2.24) is 0 Å². The normalized spacial score (nSPS) is 12.4. The number of rotatable bonds is 3. The van der Waals surface area contributed by atoms with Gasteiger partial charge in [0.2, 0.25) is 0 Å². The van der Waals surface area contributed by atoms with Crippen LogP contribution in [0.2, 0.25) is 0 Å². The lowest BCUT2D eigenvalue weighted by molar-refractivity contribution is 0.483. The highest BCUT2D eigenvalue weighted by Gasteiger charge is 2.15. The zero-order valence-electron chi connectivity index (χ0n) is 12.5. The largest absolute Gasteiger partial charge is 0.294 e. The molecule has 6 heteroatoms. The maximum Gasteiger partial charge on any atom is 0.294 e. The molecule has 0 aliphatic carbocycles. The molecule has 2 aromatic carbocycles. The molecule has 22 heavy (non-hydrogen) atoms. The van der Waals surface area contributed by atoms with Gasteiger partial charge < -0.3 is 0 Å². The van der Waals surface area contributed by atoms with Crippen LogP contribution in [0, 0.1) is 0 Å². The zero-order valence-corrected chi connectivity index (χ0v) is 15.7. The van der Waals surface area contributed by atoms with Crippen LogP contribution >= 0.6 is 27.7 Å². The van der Waals surface area contributed by atoms with Gasteiger partial charge in [-0.15, -0.1) is 0 Å². The van der Waals surface area contributed by atoms with Crippen molar-refractivity contribution in [3.8, 4) is 0 Å². The molecular formula is C16H17BrO3S2. The van der Waals surface area contributed by atoms with Gasteiger partial charge in [0.15, 0.2) is 0 Å². The predicted octanol–water partition coefficient (Wildman–Crippen LogP) is 5.14. The van der Waals surface area contributed by atoms with Crippen molar-refractivity contribution < 1.29 is 13.0 Å². The maximum atomic E-state index is 11.2. The summed E-state index contributed by atoms with van der Waals surface area (Å²) < 4.78 is 32.4. The molecule has 0 saturated carbocycles. The average molecular weight is 401 g/mol. The minimum Gasteiger partial charge on any atom is -0.282 e. The second kappa shape index (κ2) is 6.35. The molecule has 0 fully saturated rings. The molecule has 118 valence electrons. The quantitative estimate of drug-likeness (QED) is 0.724. The smallest absolute Gasteiger partial charge is 0.282 e. The topological polar surface area (TPSA) is 54.4 Å². The first kappa shape index (κ1) is 17.5. The second-order valence-corrected chi connectivity index (χ2v) is 9.33. The Hall–Kier alpha value is -0.820. The van der Waals surface area contributed by atoms with Crippen molar-refractivity contribution in [2.24, 2.45) is 0 Å². The molecule has 2 rings (SSSR count). The molecule has 0 aliphatic rings. The van der Waals surface area contributed by atoms with Gasteiger partial charge in [-0.25, -0.2) is 0 Å². The number of halogens is 1. The highest BCUT2D eigenvalue weighted by atomic mass is 79.9. The lowest BCUT2D eigenvalue weighted by atomic mass is 9.87. The van der Waals surface area contributed by atoms with Crippen LogP contribution in [0.5, 0.6) is 0 Å². The highest BCUT2D eigenvalue weighted by Crippen LogP contribution is 2.36. The average Bonchev–Trinajstić information content (AvgIpc) is 2.39. The van der Waals surface area contributed by atoms with Crippen LogP contribution in [0.3, 0.4) is 0 Å². The molecule has 0 radical (unpaired) electrons. The van der Waals surface area contributed by atoms with E-state index >= 15 is 0 Å². The van der Waals surface area contributed by atoms with Gasteiger partial charge in [-0.2, -0.15) is 8.42 Å². The summed E-state index contributed by atoms with van der Waals surface area (Å²) in [5.41, 5.74) is 1.33. The summed E-state index contributed by atoms with van der Waals surface area (Å²) in [6, 6.07) is 12.6. The van der Waals surface area contributed by atoms with E-state index in [-0.39, 0.29) is 10.3 Å². The van der Waals surface area contributed by atoms with E-state index in [1.165, 1.54) is 29.5 Å². The van der Waals surface area contributed by atoms with Gasteiger partial charge in [0.25, 0.3) is 10.1 Å². The van der Waals surface area contributed by atoms with E-state index in [1.54, 1.807) is 6.07 Å². The van der Waals surface area contributed by atoms with Crippen molar-refractivity contribution in [3.63, 3.8) is 0 Å². The van der Waals surface area contributed by atoms with Gasteiger partial charge in [-0.1, -0.05) is 44.7 Å². The number of hydrogen-bond acceptors (Lipinski definition) is 3. The van der Waals surface area contributed by atoms with Crippen molar-refractivity contribution in [2.45, 2.75) is 40.9 Å². The molecule has 0 spiro atoms. The van der Waals surface area contributed by atoms with E-state index in [1.807, 2.05) is 12.1 Å². The van der Waals surface area contributed by atoms with E-state index in [9.17, 15) is 8.42 Å². The van der Waals surface area contributed by atoms with Crippen LogP contribution in [0.4, 0.5) is 0 Å². The van der Waals surface area contributed by atoms with Crippen LogP contribution in [0.1, 0.15) is 26.3 Å². The fraction of sp³-hybridized carbons (Fsp3) is 0.250. The summed E-state index contributed by atoms with van der Waals surface area (Å²) in [4.78, 5) is 1.63. The molecule has 3 nitrogen and oxygen atoms in total. The van der Waals surface area contributed by atoms with Gasteiger partial charge >= 0.3 is 0 Å². The predicted molar refractivity (Wildman–Crippen MR) is 93.2 cm³/mol. The van der Waals surface area contributed by atoms with Gasteiger partial charge in [0.1, 0.15) is 0 Å². The molecule has 1 N–H and O–H groups in total. The molecule has 0 unspecified atom stereocenters. The number of hydrogen-bond donors (Lipinski definition) is 1. The molecule has 0 amide bonds. The van der Waals surface area contributed by atoms with Crippen molar-refractivity contribution in [3.05, 3.63) is 52.5 Å². The summed E-state index contributed by atoms with van der Waals surface area (Å²) in [6.07, 6.45) is 0. The summed E-state index contributed by atoms with van der Waals surface area (Å²) in [5, 5.41) is 0. The Labute approximate surface area is 144 Å². The van der Waals surface area contributed by atoms with Crippen LogP contribution in [-0.2, 0) is 15.5 Å². The fourth-order valence-corrected chi connectivity index (χ4v) is 3.82. The molecule has 0 aliphatic heterocycles. The van der Waals surface area contributed by atoms with Crippen LogP contribution < -0.4 is 0 Å². The van der Waals surface area contributed by atoms with E-state index in [4.69, 9.17) is 4.55 Å². The Morgan fingerprint density at radius 3 is 2.14 bits per heavy atom.